The van der Waals surface area contributed by atoms with Crippen molar-refractivity contribution in [3.63, 3.8) is 0 Å². The number of thiocarbonyl (C=S) groups is 1. The van der Waals surface area contributed by atoms with Gasteiger partial charge in [-0.25, -0.2) is 0 Å². The summed E-state index contributed by atoms with van der Waals surface area (Å²) in [5.41, 5.74) is 4.13. The Kier molecular flexibility index (Phi) is 6.36. The second-order valence-corrected chi connectivity index (χ2v) is 8.45. The van der Waals surface area contributed by atoms with Gasteiger partial charge in [-0.2, -0.15) is 0 Å². The van der Waals surface area contributed by atoms with Crippen molar-refractivity contribution in [2.45, 2.75) is 33.6 Å². The molecule has 2 amide bonds. The van der Waals surface area contributed by atoms with Crippen LogP contribution < -0.4 is 5.32 Å². The van der Waals surface area contributed by atoms with Gasteiger partial charge in [0.1, 0.15) is 10.1 Å². The molecule has 3 rings (SSSR count). The first-order chi connectivity index (χ1) is 13.3. The van der Waals surface area contributed by atoms with Crippen LogP contribution in [0.25, 0.3) is 6.08 Å². The Bertz CT molecular complexity index is 926. The van der Waals surface area contributed by atoms with Gasteiger partial charge in [0.25, 0.3) is 5.91 Å². The molecule has 1 saturated heterocycles. The molecule has 146 valence electrons. The topological polar surface area (TPSA) is 62.6 Å². The first-order valence-corrected chi connectivity index (χ1v) is 10.2. The maximum Gasteiger partial charge on any atom is 0.266 e. The number of hydrogen-bond acceptors (Lipinski definition) is 5. The smallest absolute Gasteiger partial charge is 0.266 e. The van der Waals surface area contributed by atoms with E-state index in [1.807, 2.05) is 32.9 Å². The fourth-order valence-corrected chi connectivity index (χ4v) is 4.46. The summed E-state index contributed by atoms with van der Waals surface area (Å²) in [5, 5.41) is 2.99. The Hall–Kier alpha value is -2.38. The molecule has 1 aromatic heterocycles. The molecule has 0 radical (unpaired) electrons. The van der Waals surface area contributed by atoms with Gasteiger partial charge in [-0.3, -0.25) is 14.5 Å². The molecule has 2 heterocycles. The number of hydrogen-bond donors (Lipinski definition) is 1. The zero-order valence-corrected chi connectivity index (χ0v) is 17.7. The summed E-state index contributed by atoms with van der Waals surface area (Å²) in [7, 11) is 0. The number of carbonyl (C=O) groups excluding carboxylic acids is 2. The average molecular weight is 415 g/mol. The van der Waals surface area contributed by atoms with Gasteiger partial charge in [0.05, 0.1) is 11.2 Å². The third-order valence-electron chi connectivity index (χ3n) is 4.42. The minimum Gasteiger partial charge on any atom is -0.465 e. The molecule has 7 heteroatoms. The van der Waals surface area contributed by atoms with Crippen LogP contribution in [0.5, 0.6) is 0 Å². The monoisotopic (exact) mass is 414 g/mol. The highest BCUT2D eigenvalue weighted by molar-refractivity contribution is 8.26. The maximum atomic E-state index is 12.5. The van der Waals surface area contributed by atoms with E-state index in [4.69, 9.17) is 16.6 Å². The third kappa shape index (κ3) is 4.72. The number of amides is 2. The summed E-state index contributed by atoms with van der Waals surface area (Å²) in [6.07, 6.45) is 4.11. The highest BCUT2D eigenvalue weighted by Gasteiger charge is 2.31. The zero-order chi connectivity index (χ0) is 20.3. The van der Waals surface area contributed by atoms with E-state index in [2.05, 4.69) is 5.32 Å². The second kappa shape index (κ2) is 8.75. The zero-order valence-electron chi connectivity index (χ0n) is 16.1. The minimum absolute atomic E-state index is 0.0633. The second-order valence-electron chi connectivity index (χ2n) is 6.77. The molecule has 0 atom stereocenters. The molecular weight excluding hydrogens is 392 g/mol. The molecule has 0 spiro atoms. The molecular formula is C21H22N2O3S2. The van der Waals surface area contributed by atoms with Crippen LogP contribution in [0.2, 0.25) is 0 Å². The molecule has 1 aliphatic heterocycles. The fourth-order valence-electron chi connectivity index (χ4n) is 3.17. The molecule has 0 saturated carbocycles. The average Bonchev–Trinajstić information content (AvgIpc) is 3.22. The van der Waals surface area contributed by atoms with Crippen molar-refractivity contribution < 1.29 is 14.0 Å². The van der Waals surface area contributed by atoms with Gasteiger partial charge in [0.15, 0.2) is 0 Å². The van der Waals surface area contributed by atoms with E-state index in [1.54, 1.807) is 29.4 Å². The Morgan fingerprint density at radius 1 is 1.29 bits per heavy atom. The van der Waals surface area contributed by atoms with E-state index in [0.717, 1.165) is 16.8 Å². The number of thioether (sulfide) groups is 1. The van der Waals surface area contributed by atoms with Crippen molar-refractivity contribution >= 4 is 51.9 Å². The summed E-state index contributed by atoms with van der Waals surface area (Å²) >= 11 is 6.57. The lowest BCUT2D eigenvalue weighted by atomic mass is 10.0. The predicted octanol–water partition coefficient (Wildman–Crippen LogP) is 4.82. The van der Waals surface area contributed by atoms with E-state index < -0.39 is 0 Å². The largest absolute Gasteiger partial charge is 0.465 e. The molecule has 5 nitrogen and oxygen atoms in total. The molecule has 2 aromatic rings. The van der Waals surface area contributed by atoms with Gasteiger partial charge in [-0.1, -0.05) is 41.7 Å². The Morgan fingerprint density at radius 3 is 2.64 bits per heavy atom. The van der Waals surface area contributed by atoms with E-state index in [-0.39, 0.29) is 11.8 Å². The SMILES string of the molecule is Cc1cc(C)c(NC(=O)CCCN2C(=O)/C(=C\c3ccco3)SC2=S)c(C)c1. The Labute approximate surface area is 174 Å². The quantitative estimate of drug-likeness (QED) is 0.542. The highest BCUT2D eigenvalue weighted by atomic mass is 32.2. The molecule has 0 aliphatic carbocycles. The number of nitrogens with one attached hydrogen (secondary N) is 1. The van der Waals surface area contributed by atoms with Gasteiger partial charge < -0.3 is 9.73 Å². The molecule has 1 aromatic carbocycles. The standard InChI is InChI=1S/C21H22N2O3S2/c1-13-10-14(2)19(15(3)11-13)22-18(24)7-4-8-23-20(25)17(28-21(23)27)12-16-6-5-9-26-16/h5-6,9-12H,4,7-8H2,1-3H3,(H,22,24)/b17-12+. The molecule has 1 N–H and O–H groups in total. The summed E-state index contributed by atoms with van der Waals surface area (Å²) < 4.78 is 5.76. The van der Waals surface area contributed by atoms with Crippen LogP contribution in [0.3, 0.4) is 0 Å². The number of furan rings is 1. The van der Waals surface area contributed by atoms with Gasteiger partial charge in [-0.15, -0.1) is 0 Å². The van der Waals surface area contributed by atoms with Crippen molar-refractivity contribution in [1.82, 2.24) is 4.90 Å². The van der Waals surface area contributed by atoms with Crippen LogP contribution in [0.4, 0.5) is 5.69 Å². The van der Waals surface area contributed by atoms with E-state index in [0.29, 0.717) is 34.4 Å². The summed E-state index contributed by atoms with van der Waals surface area (Å²) in [4.78, 5) is 27.0. The van der Waals surface area contributed by atoms with Gasteiger partial charge in [0, 0.05) is 24.7 Å². The number of aryl methyl sites for hydroxylation is 3. The maximum absolute atomic E-state index is 12.5. The van der Waals surface area contributed by atoms with Crippen LogP contribution in [-0.2, 0) is 9.59 Å². The van der Waals surface area contributed by atoms with Gasteiger partial charge in [-0.05, 0) is 50.5 Å². The molecule has 28 heavy (non-hydrogen) atoms. The van der Waals surface area contributed by atoms with Crippen LogP contribution >= 0.6 is 24.0 Å². The van der Waals surface area contributed by atoms with E-state index >= 15 is 0 Å². The lowest BCUT2D eigenvalue weighted by Gasteiger charge is -2.15. The predicted molar refractivity (Wildman–Crippen MR) is 117 cm³/mol. The van der Waals surface area contributed by atoms with Crippen LogP contribution in [0.1, 0.15) is 35.3 Å². The third-order valence-corrected chi connectivity index (χ3v) is 5.79. The Morgan fingerprint density at radius 2 is 2.00 bits per heavy atom. The van der Waals surface area contributed by atoms with Crippen LogP contribution in [0.15, 0.2) is 39.9 Å². The fraction of sp³-hybridized carbons (Fsp3) is 0.286. The van der Waals surface area contributed by atoms with Crippen LogP contribution in [0, 0.1) is 20.8 Å². The molecule has 1 fully saturated rings. The normalized spacial score (nSPS) is 15.5. The number of nitrogens with zero attached hydrogens (tertiary/aromatic N) is 1. The summed E-state index contributed by atoms with van der Waals surface area (Å²) in [6, 6.07) is 7.65. The van der Waals surface area contributed by atoms with Gasteiger partial charge in [0.2, 0.25) is 5.91 Å². The van der Waals surface area contributed by atoms with E-state index in [9.17, 15) is 9.59 Å². The molecule has 0 bridgehead atoms. The summed E-state index contributed by atoms with van der Waals surface area (Å²) in [6.45, 7) is 6.43. The van der Waals surface area contributed by atoms with Crippen molar-refractivity contribution in [1.29, 1.82) is 0 Å². The van der Waals surface area contributed by atoms with Crippen molar-refractivity contribution in [3.8, 4) is 0 Å². The molecule has 1 aliphatic rings. The van der Waals surface area contributed by atoms with Crippen molar-refractivity contribution in [3.05, 3.63) is 57.9 Å². The number of benzene rings is 1. The van der Waals surface area contributed by atoms with Gasteiger partial charge >= 0.3 is 0 Å². The lowest BCUT2D eigenvalue weighted by Crippen LogP contribution is -2.29. The lowest BCUT2D eigenvalue weighted by molar-refractivity contribution is -0.122. The van der Waals surface area contributed by atoms with Crippen molar-refractivity contribution in [2.75, 3.05) is 11.9 Å². The first kappa shape index (κ1) is 20.4. The number of rotatable bonds is 6. The van der Waals surface area contributed by atoms with Crippen molar-refractivity contribution in [2.24, 2.45) is 0 Å². The first-order valence-electron chi connectivity index (χ1n) is 9.01. The highest BCUT2D eigenvalue weighted by Crippen LogP contribution is 2.32. The Balaban J connectivity index is 1.54. The van der Waals surface area contributed by atoms with Crippen LogP contribution in [-0.4, -0.2) is 27.6 Å². The number of carbonyl (C=O) groups is 2. The number of anilines is 1. The minimum atomic E-state index is -0.142. The van der Waals surface area contributed by atoms with E-state index in [1.165, 1.54) is 17.3 Å². The summed E-state index contributed by atoms with van der Waals surface area (Å²) in [5.74, 6) is 0.410. The molecule has 0 unspecified atom stereocenters.